The Hall–Kier alpha value is -2.16. The van der Waals surface area contributed by atoms with Gasteiger partial charge in [-0.15, -0.1) is 10.2 Å². The molecule has 0 spiro atoms. The summed E-state index contributed by atoms with van der Waals surface area (Å²) in [6.45, 7) is 2.05. The van der Waals surface area contributed by atoms with Crippen molar-refractivity contribution in [1.29, 1.82) is 0 Å². The second-order valence-corrected chi connectivity index (χ2v) is 4.15. The number of rotatable bonds is 1. The van der Waals surface area contributed by atoms with Crippen molar-refractivity contribution < 1.29 is 23.1 Å². The van der Waals surface area contributed by atoms with Crippen molar-refractivity contribution in [2.24, 2.45) is 0 Å². The number of aliphatic carboxylic acids is 1. The Balaban J connectivity index is 0.000000182. The number of hydrogen-bond acceptors (Lipinski definition) is 4. The molecule has 0 bridgehead atoms. The van der Waals surface area contributed by atoms with E-state index in [0.717, 1.165) is 24.6 Å². The van der Waals surface area contributed by atoms with Gasteiger partial charge < -0.3 is 10.4 Å². The summed E-state index contributed by atoms with van der Waals surface area (Å²) in [6.07, 6.45) is -3.07. The third kappa shape index (κ3) is 3.05. The molecule has 1 aliphatic rings. The highest BCUT2D eigenvalue weighted by Crippen LogP contribution is 2.18. The Morgan fingerprint density at radius 1 is 1.35 bits per heavy atom. The van der Waals surface area contributed by atoms with Gasteiger partial charge in [-0.25, -0.2) is 4.79 Å². The third-order valence-corrected chi connectivity index (χ3v) is 2.73. The number of pyridine rings is 1. The lowest BCUT2D eigenvalue weighted by Gasteiger charge is -2.25. The van der Waals surface area contributed by atoms with Crippen LogP contribution in [-0.2, 0) is 4.79 Å². The summed E-state index contributed by atoms with van der Waals surface area (Å²) in [5.74, 6) is -1.14. The van der Waals surface area contributed by atoms with E-state index in [0.29, 0.717) is 5.92 Å². The van der Waals surface area contributed by atoms with E-state index in [1.165, 1.54) is 0 Å². The Bertz CT molecular complexity index is 607. The van der Waals surface area contributed by atoms with Gasteiger partial charge in [0.15, 0.2) is 5.65 Å². The van der Waals surface area contributed by atoms with Gasteiger partial charge in [0.2, 0.25) is 0 Å². The van der Waals surface area contributed by atoms with Crippen LogP contribution in [0.15, 0.2) is 24.4 Å². The zero-order chi connectivity index (χ0) is 14.8. The van der Waals surface area contributed by atoms with Crippen LogP contribution in [0, 0.1) is 0 Å². The lowest BCUT2D eigenvalue weighted by molar-refractivity contribution is -0.192. The van der Waals surface area contributed by atoms with Gasteiger partial charge in [0.05, 0.1) is 0 Å². The Kier molecular flexibility index (Phi) is 3.89. The normalized spacial score (nSPS) is 15.3. The molecular weight excluding hydrogens is 277 g/mol. The number of nitrogens with zero attached hydrogens (tertiary/aromatic N) is 3. The second kappa shape index (κ2) is 5.45. The number of aromatic nitrogens is 3. The van der Waals surface area contributed by atoms with E-state index >= 15 is 0 Å². The quantitative estimate of drug-likeness (QED) is 0.820. The number of carboxylic acid groups (broad SMARTS) is 1. The first-order valence-corrected chi connectivity index (χ1v) is 5.70. The number of carboxylic acids is 1. The van der Waals surface area contributed by atoms with Gasteiger partial charge in [0.1, 0.15) is 5.82 Å². The topological polar surface area (TPSA) is 79.5 Å². The van der Waals surface area contributed by atoms with Crippen molar-refractivity contribution in [3.8, 4) is 0 Å². The van der Waals surface area contributed by atoms with Crippen LogP contribution in [0.3, 0.4) is 0 Å². The molecule has 108 valence electrons. The average molecular weight is 288 g/mol. The van der Waals surface area contributed by atoms with E-state index in [1.807, 2.05) is 24.4 Å². The molecule has 2 aromatic heterocycles. The molecule has 0 saturated carbocycles. The highest BCUT2D eigenvalue weighted by molar-refractivity contribution is 5.73. The first kappa shape index (κ1) is 14.3. The molecule has 2 aromatic rings. The fourth-order valence-corrected chi connectivity index (χ4v) is 1.61. The summed E-state index contributed by atoms with van der Waals surface area (Å²) in [4.78, 5) is 8.90. The fraction of sp³-hybridized carbons (Fsp3) is 0.364. The maximum atomic E-state index is 10.6. The predicted octanol–water partition coefficient (Wildman–Crippen LogP) is 1.05. The molecule has 0 unspecified atom stereocenters. The first-order chi connectivity index (χ1) is 9.39. The number of alkyl halides is 3. The SMILES string of the molecule is O=C(O)C(F)(F)F.c1ccn2c(C3CNC3)nnc2c1. The van der Waals surface area contributed by atoms with Gasteiger partial charge in [-0.3, -0.25) is 4.40 Å². The van der Waals surface area contributed by atoms with Gasteiger partial charge in [-0.05, 0) is 12.1 Å². The van der Waals surface area contributed by atoms with E-state index < -0.39 is 12.1 Å². The largest absolute Gasteiger partial charge is 0.490 e. The van der Waals surface area contributed by atoms with Gasteiger partial charge in [0.25, 0.3) is 0 Å². The number of carbonyl (C=O) groups is 1. The molecule has 0 aliphatic carbocycles. The third-order valence-electron chi connectivity index (χ3n) is 2.73. The molecule has 0 atom stereocenters. The first-order valence-electron chi connectivity index (χ1n) is 5.70. The molecule has 2 N–H and O–H groups in total. The van der Waals surface area contributed by atoms with Crippen LogP contribution in [-0.4, -0.2) is 44.9 Å². The van der Waals surface area contributed by atoms with Crippen molar-refractivity contribution in [2.45, 2.75) is 12.1 Å². The van der Waals surface area contributed by atoms with Crippen LogP contribution in [0.4, 0.5) is 13.2 Å². The van der Waals surface area contributed by atoms with Crippen LogP contribution in [0.5, 0.6) is 0 Å². The van der Waals surface area contributed by atoms with E-state index in [4.69, 9.17) is 9.90 Å². The molecule has 1 aliphatic heterocycles. The lowest BCUT2D eigenvalue weighted by atomic mass is 10.0. The summed E-state index contributed by atoms with van der Waals surface area (Å²) >= 11 is 0. The molecule has 0 amide bonds. The molecule has 1 fully saturated rings. The van der Waals surface area contributed by atoms with Gasteiger partial charge in [-0.2, -0.15) is 13.2 Å². The minimum absolute atomic E-state index is 0.539. The Morgan fingerprint density at radius 3 is 2.50 bits per heavy atom. The summed E-state index contributed by atoms with van der Waals surface area (Å²) < 4.78 is 33.8. The van der Waals surface area contributed by atoms with E-state index in [1.54, 1.807) is 0 Å². The Morgan fingerprint density at radius 2 is 2.00 bits per heavy atom. The maximum Gasteiger partial charge on any atom is 0.490 e. The fourth-order valence-electron chi connectivity index (χ4n) is 1.61. The maximum absolute atomic E-state index is 10.6. The van der Waals surface area contributed by atoms with Crippen LogP contribution >= 0.6 is 0 Å². The molecule has 9 heteroatoms. The highest BCUT2D eigenvalue weighted by Gasteiger charge is 2.38. The number of hydrogen-bond donors (Lipinski definition) is 2. The zero-order valence-electron chi connectivity index (χ0n) is 10.1. The van der Waals surface area contributed by atoms with Crippen LogP contribution in [0.2, 0.25) is 0 Å². The molecule has 20 heavy (non-hydrogen) atoms. The van der Waals surface area contributed by atoms with E-state index in [2.05, 4.69) is 19.9 Å². The molecule has 0 radical (unpaired) electrons. The van der Waals surface area contributed by atoms with E-state index in [-0.39, 0.29) is 0 Å². The standard InChI is InChI=1S/C9H10N4.C2HF3O2/c1-2-4-13-8(3-1)11-12-9(13)7-5-10-6-7;3-2(4,5)1(6)7/h1-4,7,10H,5-6H2;(H,6,7). The highest BCUT2D eigenvalue weighted by atomic mass is 19.4. The minimum Gasteiger partial charge on any atom is -0.475 e. The smallest absolute Gasteiger partial charge is 0.475 e. The van der Waals surface area contributed by atoms with Crippen LogP contribution in [0.1, 0.15) is 11.7 Å². The number of nitrogens with one attached hydrogen (secondary N) is 1. The van der Waals surface area contributed by atoms with Crippen LogP contribution in [0.25, 0.3) is 5.65 Å². The predicted molar refractivity (Wildman–Crippen MR) is 62.3 cm³/mol. The van der Waals surface area contributed by atoms with Gasteiger partial charge >= 0.3 is 12.1 Å². The molecule has 1 saturated heterocycles. The summed E-state index contributed by atoms with van der Waals surface area (Å²) in [5, 5.41) is 18.7. The molecular formula is C11H11F3N4O2. The second-order valence-electron chi connectivity index (χ2n) is 4.15. The van der Waals surface area contributed by atoms with Crippen molar-refractivity contribution in [1.82, 2.24) is 19.9 Å². The number of fused-ring (bicyclic) bond motifs is 1. The minimum atomic E-state index is -5.08. The van der Waals surface area contributed by atoms with Crippen molar-refractivity contribution >= 4 is 11.6 Å². The average Bonchev–Trinajstić information content (AvgIpc) is 2.71. The summed E-state index contributed by atoms with van der Waals surface area (Å²) in [5.41, 5.74) is 0.935. The van der Waals surface area contributed by atoms with Gasteiger partial charge in [-0.1, -0.05) is 6.07 Å². The monoisotopic (exact) mass is 288 g/mol. The van der Waals surface area contributed by atoms with Crippen molar-refractivity contribution in [2.75, 3.05) is 13.1 Å². The molecule has 3 rings (SSSR count). The molecule has 0 aromatic carbocycles. The molecule has 6 nitrogen and oxygen atoms in total. The van der Waals surface area contributed by atoms with Crippen molar-refractivity contribution in [3.05, 3.63) is 30.2 Å². The number of halogens is 3. The summed E-state index contributed by atoms with van der Waals surface area (Å²) in [6, 6.07) is 5.96. The molecule has 3 heterocycles. The summed E-state index contributed by atoms with van der Waals surface area (Å²) in [7, 11) is 0. The van der Waals surface area contributed by atoms with Crippen molar-refractivity contribution in [3.63, 3.8) is 0 Å². The van der Waals surface area contributed by atoms with E-state index in [9.17, 15) is 13.2 Å². The van der Waals surface area contributed by atoms with Crippen LogP contribution < -0.4 is 5.32 Å². The van der Waals surface area contributed by atoms with Gasteiger partial charge in [0, 0.05) is 25.2 Å². The Labute approximate surface area is 111 Å². The zero-order valence-corrected chi connectivity index (χ0v) is 10.1. The lowest BCUT2D eigenvalue weighted by Crippen LogP contribution is -2.40.